The maximum Gasteiger partial charge on any atom is 0.407 e. The fourth-order valence-corrected chi connectivity index (χ4v) is 7.34. The first-order valence-corrected chi connectivity index (χ1v) is 18.7. The first kappa shape index (κ1) is 39.8. The number of hydrogen-bond acceptors (Lipinski definition) is 8. The van der Waals surface area contributed by atoms with E-state index < -0.39 is 18.1 Å². The summed E-state index contributed by atoms with van der Waals surface area (Å²) in [6.45, 7) is 13.1. The Hall–Kier alpha value is -5.36. The summed E-state index contributed by atoms with van der Waals surface area (Å²) in [6, 6.07) is 6.62. The smallest absolute Gasteiger partial charge is 0.407 e. The number of aliphatic imine (C=N–C) groups is 1. The van der Waals surface area contributed by atoms with Crippen LogP contribution in [0.5, 0.6) is 0 Å². The van der Waals surface area contributed by atoms with Gasteiger partial charge in [-0.2, -0.15) is 0 Å². The molecule has 12 heteroatoms. The van der Waals surface area contributed by atoms with Crippen molar-refractivity contribution < 1.29 is 28.7 Å². The van der Waals surface area contributed by atoms with Crippen molar-refractivity contribution in [3.8, 4) is 23.7 Å². The highest BCUT2D eigenvalue weighted by molar-refractivity contribution is 5.98. The number of likely N-dealkylation sites (tertiary alicyclic amines) is 2. The molecule has 1 aromatic carbocycles. The molecule has 6 atom stereocenters. The van der Waals surface area contributed by atoms with Gasteiger partial charge in [0.05, 0.1) is 44.8 Å². The molecule has 0 bridgehead atoms. The minimum absolute atomic E-state index is 0.00687. The molecule has 0 saturated carbocycles. The highest BCUT2D eigenvalue weighted by Crippen LogP contribution is 2.35. The standard InChI is InChI=1S/C42H52N6O6/c1-25(2)33(20-37(49)53-7)40(50)47-23-27(5)17-35(47)34-19-31(21-43-34)14-13-29-9-11-30(12-10-29)15-16-32-22-44-39(45-32)36-18-28(6)24-48(36)41(51)38(26(3)4)46-42(52)54-8/h9-12,21-22,25-28,33,35-36,38H,17-20,23-24H2,1-8H3,(H,44,45)(H,46,52)/t27-,28+,33-,35+,36-,38-/m0/s1. The quantitative estimate of drug-likeness (QED) is 0.264. The van der Waals surface area contributed by atoms with Crippen LogP contribution in [0, 0.1) is 53.3 Å². The number of hydrogen-bond donors (Lipinski definition) is 2. The number of rotatable bonds is 9. The minimum Gasteiger partial charge on any atom is -0.469 e. The third-order valence-electron chi connectivity index (χ3n) is 10.4. The number of aromatic amines is 1. The van der Waals surface area contributed by atoms with Gasteiger partial charge in [-0.3, -0.25) is 19.4 Å². The molecule has 0 unspecified atom stereocenters. The molecule has 3 amide bonds. The van der Waals surface area contributed by atoms with E-state index in [1.54, 1.807) is 17.3 Å². The summed E-state index contributed by atoms with van der Waals surface area (Å²) in [5.41, 5.74) is 4.12. The SMILES string of the molecule is COC(=O)C[C@H](C(=O)N1C[C@@H](C)C[C@@H]1C1=NC=C(C#Cc2ccc(C#Cc3cnc([C@@H]4C[C@@H](C)CN4C(=O)[C@@H](NC(=O)OC)C(C)C)[nH]3)cc2)C1)C(C)C. The zero-order valence-electron chi connectivity index (χ0n) is 32.6. The molecule has 2 aromatic rings. The molecule has 2 saturated heterocycles. The van der Waals surface area contributed by atoms with E-state index in [0.717, 1.165) is 35.3 Å². The van der Waals surface area contributed by atoms with Crippen molar-refractivity contribution in [3.63, 3.8) is 0 Å². The summed E-state index contributed by atoms with van der Waals surface area (Å²) in [5, 5.41) is 2.68. The minimum atomic E-state index is -0.708. The van der Waals surface area contributed by atoms with Gasteiger partial charge in [0.1, 0.15) is 17.6 Å². The maximum atomic E-state index is 13.6. The largest absolute Gasteiger partial charge is 0.469 e. The van der Waals surface area contributed by atoms with Gasteiger partial charge in [-0.15, -0.1) is 0 Å². The van der Waals surface area contributed by atoms with Gasteiger partial charge >= 0.3 is 12.1 Å². The first-order chi connectivity index (χ1) is 25.8. The van der Waals surface area contributed by atoms with Crippen LogP contribution in [-0.4, -0.2) is 88.7 Å². The van der Waals surface area contributed by atoms with Crippen molar-refractivity contribution in [1.82, 2.24) is 25.1 Å². The molecule has 12 nitrogen and oxygen atoms in total. The molecule has 0 aliphatic carbocycles. The third-order valence-corrected chi connectivity index (χ3v) is 10.4. The molecule has 54 heavy (non-hydrogen) atoms. The molecule has 0 radical (unpaired) electrons. The van der Waals surface area contributed by atoms with Gasteiger partial charge in [0.2, 0.25) is 11.8 Å². The average molecular weight is 737 g/mol. The molecule has 286 valence electrons. The van der Waals surface area contributed by atoms with E-state index in [2.05, 4.69) is 52.8 Å². The second-order valence-electron chi connectivity index (χ2n) is 15.4. The van der Waals surface area contributed by atoms with Gasteiger partial charge in [0.25, 0.3) is 0 Å². The van der Waals surface area contributed by atoms with Crippen molar-refractivity contribution >= 4 is 29.6 Å². The number of allylic oxidation sites excluding steroid dienone is 1. The topological polar surface area (TPSA) is 146 Å². The van der Waals surface area contributed by atoms with Gasteiger partial charge in [-0.25, -0.2) is 9.78 Å². The lowest BCUT2D eigenvalue weighted by atomic mass is 9.90. The Kier molecular flexibility index (Phi) is 13.0. The lowest BCUT2D eigenvalue weighted by Gasteiger charge is -2.30. The number of alkyl carbamates (subject to hydrolysis) is 1. The molecule has 3 aliphatic rings. The number of amides is 3. The van der Waals surface area contributed by atoms with Crippen LogP contribution < -0.4 is 5.32 Å². The second kappa shape index (κ2) is 17.6. The predicted octanol–water partition coefficient (Wildman–Crippen LogP) is 5.25. The first-order valence-electron chi connectivity index (χ1n) is 18.7. The zero-order chi connectivity index (χ0) is 39.1. The molecule has 3 aliphatic heterocycles. The maximum absolute atomic E-state index is 13.6. The number of imidazole rings is 1. The highest BCUT2D eigenvalue weighted by Gasteiger charge is 2.42. The van der Waals surface area contributed by atoms with Crippen molar-refractivity contribution in [2.45, 2.75) is 85.4 Å². The normalized spacial score (nSPS) is 21.7. The van der Waals surface area contributed by atoms with E-state index in [9.17, 15) is 19.2 Å². The average Bonchev–Trinajstić information content (AvgIpc) is 3.97. The molecule has 4 heterocycles. The Morgan fingerprint density at radius 3 is 2.06 bits per heavy atom. The molecular formula is C42H52N6O6. The fourth-order valence-electron chi connectivity index (χ4n) is 7.34. The number of carbonyl (C=O) groups excluding carboxylic acids is 4. The lowest BCUT2D eigenvalue weighted by Crippen LogP contribution is -2.51. The number of aromatic nitrogens is 2. The van der Waals surface area contributed by atoms with Gasteiger partial charge < -0.3 is 29.6 Å². The number of ether oxygens (including phenoxy) is 2. The van der Waals surface area contributed by atoms with Crippen molar-refractivity contribution in [2.24, 2.45) is 34.6 Å². The van der Waals surface area contributed by atoms with Crippen LogP contribution in [0.15, 0.2) is 47.2 Å². The van der Waals surface area contributed by atoms with Crippen LogP contribution in [0.4, 0.5) is 4.79 Å². The second-order valence-corrected chi connectivity index (χ2v) is 15.4. The van der Waals surface area contributed by atoms with E-state index in [-0.39, 0.29) is 54.0 Å². The molecule has 2 fully saturated rings. The molecule has 2 N–H and O–H groups in total. The van der Waals surface area contributed by atoms with Gasteiger partial charge in [-0.05, 0) is 66.7 Å². The number of nitrogens with one attached hydrogen (secondary N) is 2. The number of esters is 1. The Labute approximate surface area is 318 Å². The predicted molar refractivity (Wildman–Crippen MR) is 205 cm³/mol. The van der Waals surface area contributed by atoms with E-state index >= 15 is 0 Å². The molecule has 1 aromatic heterocycles. The molecule has 0 spiro atoms. The van der Waals surface area contributed by atoms with Crippen LogP contribution in [0.3, 0.4) is 0 Å². The Morgan fingerprint density at radius 2 is 1.46 bits per heavy atom. The van der Waals surface area contributed by atoms with Crippen LogP contribution >= 0.6 is 0 Å². The number of nitrogens with zero attached hydrogens (tertiary/aromatic N) is 4. The zero-order valence-corrected chi connectivity index (χ0v) is 32.6. The van der Waals surface area contributed by atoms with E-state index in [1.165, 1.54) is 14.2 Å². The number of H-pyrrole nitrogens is 1. The van der Waals surface area contributed by atoms with Crippen molar-refractivity contribution in [3.05, 3.63) is 64.9 Å². The van der Waals surface area contributed by atoms with Gasteiger partial charge in [-0.1, -0.05) is 59.3 Å². The molecule has 5 rings (SSSR count). The Bertz CT molecular complexity index is 1910. The highest BCUT2D eigenvalue weighted by atomic mass is 16.5. The number of benzene rings is 1. The van der Waals surface area contributed by atoms with Crippen molar-refractivity contribution in [1.29, 1.82) is 0 Å². The Balaban J connectivity index is 1.19. The van der Waals surface area contributed by atoms with E-state index in [0.29, 0.717) is 36.9 Å². The molecular weight excluding hydrogens is 684 g/mol. The third kappa shape index (κ3) is 9.59. The summed E-state index contributed by atoms with van der Waals surface area (Å²) >= 11 is 0. The van der Waals surface area contributed by atoms with Crippen LogP contribution in [0.1, 0.15) is 95.9 Å². The number of methoxy groups -OCH3 is 2. The summed E-state index contributed by atoms with van der Waals surface area (Å²) in [4.78, 5) is 67.5. The number of carbonyl (C=O) groups is 4. The van der Waals surface area contributed by atoms with Crippen molar-refractivity contribution in [2.75, 3.05) is 27.3 Å². The summed E-state index contributed by atoms with van der Waals surface area (Å²) in [6.07, 6.45) is 5.07. The summed E-state index contributed by atoms with van der Waals surface area (Å²) in [7, 11) is 2.63. The van der Waals surface area contributed by atoms with Gasteiger partial charge in [0, 0.05) is 48.1 Å². The van der Waals surface area contributed by atoms with Crippen LogP contribution in [0.2, 0.25) is 0 Å². The van der Waals surface area contributed by atoms with Crippen LogP contribution in [0.25, 0.3) is 0 Å². The Morgan fingerprint density at radius 1 is 0.852 bits per heavy atom. The van der Waals surface area contributed by atoms with Crippen LogP contribution in [-0.2, 0) is 23.9 Å². The van der Waals surface area contributed by atoms with E-state index in [4.69, 9.17) is 14.5 Å². The monoisotopic (exact) mass is 736 g/mol. The lowest BCUT2D eigenvalue weighted by molar-refractivity contribution is -0.148. The summed E-state index contributed by atoms with van der Waals surface area (Å²) < 4.78 is 9.61. The van der Waals surface area contributed by atoms with Gasteiger partial charge in [0.15, 0.2) is 0 Å². The fraction of sp³-hybridized carbons (Fsp3) is 0.524. The van der Waals surface area contributed by atoms with E-state index in [1.807, 2.05) is 56.9 Å². The summed E-state index contributed by atoms with van der Waals surface area (Å²) in [5.74, 6) is 13.0.